The second-order valence-electron chi connectivity index (χ2n) is 5.50. The topological polar surface area (TPSA) is 59.3 Å². The molecular formula is C19H13BrN4O. The number of benzene rings is 2. The highest BCUT2D eigenvalue weighted by Crippen LogP contribution is 2.22. The van der Waals surface area contributed by atoms with Crippen molar-refractivity contribution in [2.45, 2.75) is 0 Å². The molecule has 2 heterocycles. The lowest BCUT2D eigenvalue weighted by atomic mass is 10.1. The molecule has 0 saturated heterocycles. The van der Waals surface area contributed by atoms with Crippen LogP contribution in [0.25, 0.3) is 17.0 Å². The first-order valence-electron chi connectivity index (χ1n) is 7.68. The van der Waals surface area contributed by atoms with Gasteiger partial charge < -0.3 is 5.32 Å². The molecule has 122 valence electrons. The van der Waals surface area contributed by atoms with Crippen molar-refractivity contribution in [3.05, 3.63) is 83.0 Å². The molecule has 1 amide bonds. The molecule has 5 nitrogen and oxygen atoms in total. The van der Waals surface area contributed by atoms with Crippen molar-refractivity contribution in [2.24, 2.45) is 0 Å². The maximum atomic E-state index is 12.4. The second kappa shape index (κ2) is 6.49. The second-order valence-corrected chi connectivity index (χ2v) is 6.41. The van der Waals surface area contributed by atoms with E-state index in [1.807, 2.05) is 65.2 Å². The summed E-state index contributed by atoms with van der Waals surface area (Å²) >= 11 is 3.38. The SMILES string of the molecule is O=C(Nc1cccc(-c2nnc3ccccn23)c1)c1cccc(Br)c1. The summed E-state index contributed by atoms with van der Waals surface area (Å²) in [5.41, 5.74) is 2.95. The lowest BCUT2D eigenvalue weighted by Gasteiger charge is -2.07. The van der Waals surface area contributed by atoms with Gasteiger partial charge in [0, 0.05) is 27.5 Å². The number of hydrogen-bond donors (Lipinski definition) is 1. The molecule has 0 aliphatic carbocycles. The van der Waals surface area contributed by atoms with Crippen molar-refractivity contribution >= 4 is 33.2 Å². The number of amides is 1. The molecule has 0 unspecified atom stereocenters. The molecule has 0 spiro atoms. The van der Waals surface area contributed by atoms with E-state index in [9.17, 15) is 4.79 Å². The minimum atomic E-state index is -0.162. The predicted molar refractivity (Wildman–Crippen MR) is 101 cm³/mol. The maximum Gasteiger partial charge on any atom is 0.255 e. The molecule has 2 aromatic heterocycles. The van der Waals surface area contributed by atoms with E-state index in [0.29, 0.717) is 11.3 Å². The smallest absolute Gasteiger partial charge is 0.255 e. The highest BCUT2D eigenvalue weighted by molar-refractivity contribution is 9.10. The minimum absolute atomic E-state index is 0.162. The van der Waals surface area contributed by atoms with Gasteiger partial charge in [-0.2, -0.15) is 0 Å². The summed E-state index contributed by atoms with van der Waals surface area (Å²) in [5.74, 6) is 0.568. The van der Waals surface area contributed by atoms with Crippen LogP contribution in [-0.2, 0) is 0 Å². The van der Waals surface area contributed by atoms with Crippen LogP contribution in [0.15, 0.2) is 77.4 Å². The van der Waals surface area contributed by atoms with E-state index in [1.165, 1.54) is 0 Å². The molecule has 2 aromatic carbocycles. The fourth-order valence-electron chi connectivity index (χ4n) is 2.61. The van der Waals surface area contributed by atoms with E-state index in [2.05, 4.69) is 31.4 Å². The lowest BCUT2D eigenvalue weighted by Crippen LogP contribution is -2.11. The van der Waals surface area contributed by atoms with E-state index in [4.69, 9.17) is 0 Å². The van der Waals surface area contributed by atoms with Crippen molar-refractivity contribution < 1.29 is 4.79 Å². The fourth-order valence-corrected chi connectivity index (χ4v) is 3.01. The summed E-state index contributed by atoms with van der Waals surface area (Å²) in [6.07, 6.45) is 1.91. The number of carbonyl (C=O) groups is 1. The Balaban J connectivity index is 1.65. The molecule has 1 N–H and O–H groups in total. The van der Waals surface area contributed by atoms with Crippen LogP contribution < -0.4 is 5.32 Å². The number of aromatic nitrogens is 3. The first-order valence-corrected chi connectivity index (χ1v) is 8.47. The Morgan fingerprint density at radius 2 is 1.84 bits per heavy atom. The number of nitrogens with one attached hydrogen (secondary N) is 1. The van der Waals surface area contributed by atoms with Gasteiger partial charge in [0.1, 0.15) is 0 Å². The zero-order valence-electron chi connectivity index (χ0n) is 13.1. The molecule has 0 saturated carbocycles. The molecule has 0 bridgehead atoms. The van der Waals surface area contributed by atoms with Gasteiger partial charge in [-0.15, -0.1) is 10.2 Å². The fraction of sp³-hybridized carbons (Fsp3) is 0. The van der Waals surface area contributed by atoms with Crippen LogP contribution in [0.3, 0.4) is 0 Å². The number of anilines is 1. The molecule has 0 aliphatic rings. The average Bonchev–Trinajstić information content (AvgIpc) is 3.06. The molecule has 6 heteroatoms. The van der Waals surface area contributed by atoms with E-state index >= 15 is 0 Å². The summed E-state index contributed by atoms with van der Waals surface area (Å²) in [4.78, 5) is 12.4. The number of rotatable bonds is 3. The Morgan fingerprint density at radius 3 is 2.72 bits per heavy atom. The van der Waals surface area contributed by atoms with Crippen molar-refractivity contribution in [1.82, 2.24) is 14.6 Å². The first kappa shape index (κ1) is 15.5. The summed E-state index contributed by atoms with van der Waals surface area (Å²) in [7, 11) is 0. The Morgan fingerprint density at radius 1 is 0.960 bits per heavy atom. The number of carbonyl (C=O) groups excluding carboxylic acids is 1. The quantitative estimate of drug-likeness (QED) is 0.561. The third-order valence-corrected chi connectivity index (χ3v) is 4.27. The molecule has 25 heavy (non-hydrogen) atoms. The zero-order valence-corrected chi connectivity index (χ0v) is 14.6. The number of pyridine rings is 1. The monoisotopic (exact) mass is 392 g/mol. The van der Waals surface area contributed by atoms with Crippen molar-refractivity contribution in [2.75, 3.05) is 5.32 Å². The standard InChI is InChI=1S/C19H13BrN4O/c20-15-7-3-6-14(11-15)19(25)21-16-8-4-5-13(12-16)18-23-22-17-9-1-2-10-24(17)18/h1-12H,(H,21,25). The number of halogens is 1. The summed E-state index contributed by atoms with van der Waals surface area (Å²) in [6.45, 7) is 0. The third kappa shape index (κ3) is 3.16. The van der Waals surface area contributed by atoms with Crippen LogP contribution in [0.5, 0.6) is 0 Å². The van der Waals surface area contributed by atoms with E-state index in [-0.39, 0.29) is 5.91 Å². The van der Waals surface area contributed by atoms with Gasteiger partial charge in [-0.3, -0.25) is 9.20 Å². The highest BCUT2D eigenvalue weighted by atomic mass is 79.9. The Bertz CT molecular complexity index is 1070. The van der Waals surface area contributed by atoms with Crippen molar-refractivity contribution in [1.29, 1.82) is 0 Å². The largest absolute Gasteiger partial charge is 0.322 e. The lowest BCUT2D eigenvalue weighted by molar-refractivity contribution is 0.102. The van der Waals surface area contributed by atoms with Gasteiger partial charge in [-0.1, -0.05) is 40.2 Å². The van der Waals surface area contributed by atoms with Crippen molar-refractivity contribution in [3.63, 3.8) is 0 Å². The van der Waals surface area contributed by atoms with Crippen molar-refractivity contribution in [3.8, 4) is 11.4 Å². The maximum absolute atomic E-state index is 12.4. The van der Waals surface area contributed by atoms with Gasteiger partial charge in [0.05, 0.1) is 0 Å². The summed E-state index contributed by atoms with van der Waals surface area (Å²) in [6, 6.07) is 20.6. The number of hydrogen-bond acceptors (Lipinski definition) is 3. The highest BCUT2D eigenvalue weighted by Gasteiger charge is 2.10. The van der Waals surface area contributed by atoms with Gasteiger partial charge in [0.15, 0.2) is 11.5 Å². The minimum Gasteiger partial charge on any atom is -0.322 e. The molecular weight excluding hydrogens is 380 g/mol. The molecule has 4 aromatic rings. The summed E-state index contributed by atoms with van der Waals surface area (Å²) in [5, 5.41) is 11.3. The Kier molecular flexibility index (Phi) is 4.03. The third-order valence-electron chi connectivity index (χ3n) is 3.78. The number of nitrogens with zero attached hydrogens (tertiary/aromatic N) is 3. The van der Waals surface area contributed by atoms with Gasteiger partial charge >= 0.3 is 0 Å². The molecule has 0 atom stereocenters. The molecule has 0 radical (unpaired) electrons. The van der Waals surface area contributed by atoms with Crippen LogP contribution in [0.2, 0.25) is 0 Å². The van der Waals surface area contributed by atoms with Crippen LogP contribution >= 0.6 is 15.9 Å². The summed E-state index contributed by atoms with van der Waals surface area (Å²) < 4.78 is 2.78. The zero-order chi connectivity index (χ0) is 17.2. The van der Waals surface area contributed by atoms with Gasteiger partial charge in [0.2, 0.25) is 0 Å². The van der Waals surface area contributed by atoms with Crippen LogP contribution in [0.4, 0.5) is 5.69 Å². The Hall–Kier alpha value is -2.99. The molecule has 0 fully saturated rings. The van der Waals surface area contributed by atoms with Gasteiger partial charge in [0.25, 0.3) is 5.91 Å². The van der Waals surface area contributed by atoms with Crippen LogP contribution in [0, 0.1) is 0 Å². The molecule has 4 rings (SSSR count). The normalized spacial score (nSPS) is 10.8. The van der Waals surface area contributed by atoms with E-state index < -0.39 is 0 Å². The first-order chi connectivity index (χ1) is 12.2. The average molecular weight is 393 g/mol. The molecule has 0 aliphatic heterocycles. The van der Waals surface area contributed by atoms with E-state index in [0.717, 1.165) is 21.5 Å². The Labute approximate surface area is 152 Å². The number of fused-ring (bicyclic) bond motifs is 1. The van der Waals surface area contributed by atoms with Crippen LogP contribution in [-0.4, -0.2) is 20.5 Å². The van der Waals surface area contributed by atoms with Gasteiger partial charge in [-0.05, 0) is 42.5 Å². The van der Waals surface area contributed by atoms with Crippen LogP contribution in [0.1, 0.15) is 10.4 Å². The van der Waals surface area contributed by atoms with E-state index in [1.54, 1.807) is 12.1 Å². The van der Waals surface area contributed by atoms with Gasteiger partial charge in [-0.25, -0.2) is 0 Å². The predicted octanol–water partition coefficient (Wildman–Crippen LogP) is 4.41.